The maximum atomic E-state index is 12.2. The van der Waals surface area contributed by atoms with Crippen molar-refractivity contribution in [3.05, 3.63) is 39.9 Å². The molecule has 20 heavy (non-hydrogen) atoms. The first kappa shape index (κ1) is 14.6. The second-order valence-corrected chi connectivity index (χ2v) is 5.48. The molecule has 0 saturated heterocycles. The lowest BCUT2D eigenvalue weighted by Gasteiger charge is -2.15. The Morgan fingerprint density at radius 2 is 2.00 bits per heavy atom. The number of carbonyl (C=O) groups excluding carboxylic acids is 1. The van der Waals surface area contributed by atoms with Crippen molar-refractivity contribution in [2.75, 3.05) is 5.32 Å². The van der Waals surface area contributed by atoms with Crippen molar-refractivity contribution in [3.8, 4) is 6.07 Å². The lowest BCUT2D eigenvalue weighted by Crippen LogP contribution is -2.16. The Bertz CT molecular complexity index is 591. The highest BCUT2D eigenvalue weighted by Gasteiger charge is 2.17. The Hall–Kier alpha value is -1.79. The summed E-state index contributed by atoms with van der Waals surface area (Å²) in [7, 11) is 0. The van der Waals surface area contributed by atoms with Crippen LogP contribution >= 0.6 is 11.6 Å². The second-order valence-electron chi connectivity index (χ2n) is 5.07. The number of hydrogen-bond acceptors (Lipinski definition) is 2. The van der Waals surface area contributed by atoms with Crippen molar-refractivity contribution >= 4 is 23.2 Å². The van der Waals surface area contributed by atoms with Crippen LogP contribution in [0.1, 0.15) is 37.7 Å². The molecule has 2 rings (SSSR count). The van der Waals surface area contributed by atoms with E-state index in [1.807, 2.05) is 13.0 Å². The first-order valence-corrected chi connectivity index (χ1v) is 7.19. The smallest absolute Gasteiger partial charge is 0.266 e. The van der Waals surface area contributed by atoms with Gasteiger partial charge >= 0.3 is 0 Å². The van der Waals surface area contributed by atoms with Gasteiger partial charge in [-0.25, -0.2) is 0 Å². The summed E-state index contributed by atoms with van der Waals surface area (Å²) in [4.78, 5) is 12.2. The number of nitrogens with zero attached hydrogens (tertiary/aromatic N) is 1. The summed E-state index contributed by atoms with van der Waals surface area (Å²) >= 11 is 6.03. The Morgan fingerprint density at radius 3 is 2.60 bits per heavy atom. The van der Waals surface area contributed by atoms with Crippen LogP contribution in [0.25, 0.3) is 0 Å². The average Bonchev–Trinajstić information content (AvgIpc) is 2.45. The van der Waals surface area contributed by atoms with E-state index in [-0.39, 0.29) is 11.5 Å². The Labute approximate surface area is 124 Å². The van der Waals surface area contributed by atoms with Crippen LogP contribution in [0.2, 0.25) is 5.02 Å². The molecule has 3 nitrogen and oxygen atoms in total. The summed E-state index contributed by atoms with van der Waals surface area (Å²) in [5.41, 5.74) is 2.82. The quantitative estimate of drug-likeness (QED) is 0.649. The highest BCUT2D eigenvalue weighted by Crippen LogP contribution is 2.26. The molecule has 1 saturated carbocycles. The van der Waals surface area contributed by atoms with Gasteiger partial charge in [0, 0.05) is 10.7 Å². The summed E-state index contributed by atoms with van der Waals surface area (Å²) in [5, 5.41) is 12.6. The van der Waals surface area contributed by atoms with Crippen LogP contribution in [-0.2, 0) is 4.79 Å². The maximum absolute atomic E-state index is 12.2. The molecule has 0 unspecified atom stereocenters. The predicted molar refractivity (Wildman–Crippen MR) is 80.5 cm³/mol. The topological polar surface area (TPSA) is 52.9 Å². The van der Waals surface area contributed by atoms with Crippen molar-refractivity contribution < 1.29 is 4.79 Å². The van der Waals surface area contributed by atoms with Crippen LogP contribution in [0.15, 0.2) is 29.3 Å². The number of carbonyl (C=O) groups is 1. The second kappa shape index (κ2) is 6.58. The van der Waals surface area contributed by atoms with Gasteiger partial charge in [0.1, 0.15) is 11.6 Å². The molecule has 4 heteroatoms. The molecule has 0 aliphatic heterocycles. The van der Waals surface area contributed by atoms with Crippen LogP contribution in [0.4, 0.5) is 5.69 Å². The van der Waals surface area contributed by atoms with Gasteiger partial charge in [0.25, 0.3) is 5.91 Å². The fourth-order valence-electron chi connectivity index (χ4n) is 2.38. The number of rotatable bonds is 2. The molecule has 0 spiro atoms. The molecule has 1 amide bonds. The molecule has 104 valence electrons. The zero-order chi connectivity index (χ0) is 14.5. The minimum absolute atomic E-state index is 0.265. The van der Waals surface area contributed by atoms with E-state index in [0.717, 1.165) is 36.8 Å². The third kappa shape index (κ3) is 3.40. The van der Waals surface area contributed by atoms with Gasteiger partial charge in [0.15, 0.2) is 0 Å². The summed E-state index contributed by atoms with van der Waals surface area (Å²) in [5.74, 6) is -0.329. The van der Waals surface area contributed by atoms with Crippen molar-refractivity contribution in [1.82, 2.24) is 0 Å². The Morgan fingerprint density at radius 1 is 1.30 bits per heavy atom. The molecule has 0 aromatic heterocycles. The number of allylic oxidation sites excluding steroid dienone is 1. The number of nitrogens with one attached hydrogen (secondary N) is 1. The molecule has 0 bridgehead atoms. The van der Waals surface area contributed by atoms with Gasteiger partial charge in [-0.15, -0.1) is 0 Å². The van der Waals surface area contributed by atoms with Crippen LogP contribution in [0.5, 0.6) is 0 Å². The first-order chi connectivity index (χ1) is 9.61. The molecule has 1 fully saturated rings. The van der Waals surface area contributed by atoms with E-state index in [1.165, 1.54) is 6.42 Å². The van der Waals surface area contributed by atoms with Gasteiger partial charge in [-0.2, -0.15) is 5.26 Å². The fraction of sp³-hybridized carbons (Fsp3) is 0.375. The van der Waals surface area contributed by atoms with Gasteiger partial charge in [-0.05, 0) is 55.9 Å². The third-order valence-corrected chi connectivity index (χ3v) is 3.99. The van der Waals surface area contributed by atoms with Gasteiger partial charge < -0.3 is 5.32 Å². The lowest BCUT2D eigenvalue weighted by atomic mass is 9.91. The number of anilines is 1. The van der Waals surface area contributed by atoms with E-state index in [9.17, 15) is 10.1 Å². The zero-order valence-electron chi connectivity index (χ0n) is 11.5. The number of benzene rings is 1. The summed E-state index contributed by atoms with van der Waals surface area (Å²) in [6, 6.07) is 7.39. The van der Waals surface area contributed by atoms with E-state index < -0.39 is 0 Å². The molecule has 1 aliphatic rings. The van der Waals surface area contributed by atoms with Crippen LogP contribution < -0.4 is 5.32 Å². The Balaban J connectivity index is 2.17. The standard InChI is InChI=1S/C16H17ClN2O/c1-11-7-8-13(9-15(11)17)19-16(20)14(10-18)12-5-3-2-4-6-12/h7-9H,2-6H2,1H3,(H,19,20). The zero-order valence-corrected chi connectivity index (χ0v) is 12.3. The number of halogens is 1. The van der Waals surface area contributed by atoms with Crippen molar-refractivity contribution in [2.45, 2.75) is 39.0 Å². The number of hydrogen-bond donors (Lipinski definition) is 1. The van der Waals surface area contributed by atoms with Gasteiger partial charge in [-0.3, -0.25) is 4.79 Å². The number of aryl methyl sites for hydroxylation is 1. The van der Waals surface area contributed by atoms with Crippen molar-refractivity contribution in [2.24, 2.45) is 0 Å². The van der Waals surface area contributed by atoms with Crippen LogP contribution in [0.3, 0.4) is 0 Å². The molecule has 1 aromatic carbocycles. The molecule has 1 aromatic rings. The summed E-state index contributed by atoms with van der Waals surface area (Å²) < 4.78 is 0. The highest BCUT2D eigenvalue weighted by molar-refractivity contribution is 6.31. The molecule has 0 heterocycles. The summed E-state index contributed by atoms with van der Waals surface area (Å²) in [6.45, 7) is 1.90. The normalized spacial score (nSPS) is 14.6. The van der Waals surface area contributed by atoms with E-state index in [1.54, 1.807) is 12.1 Å². The van der Waals surface area contributed by atoms with E-state index in [4.69, 9.17) is 11.6 Å². The number of nitriles is 1. The largest absolute Gasteiger partial charge is 0.321 e. The van der Waals surface area contributed by atoms with Crippen molar-refractivity contribution in [3.63, 3.8) is 0 Å². The van der Waals surface area contributed by atoms with Crippen LogP contribution in [-0.4, -0.2) is 5.91 Å². The molecular weight excluding hydrogens is 272 g/mol. The molecule has 1 aliphatic carbocycles. The molecule has 0 atom stereocenters. The molecular formula is C16H17ClN2O. The third-order valence-electron chi connectivity index (χ3n) is 3.58. The first-order valence-electron chi connectivity index (χ1n) is 6.81. The van der Waals surface area contributed by atoms with E-state index in [2.05, 4.69) is 11.4 Å². The fourth-order valence-corrected chi connectivity index (χ4v) is 2.56. The van der Waals surface area contributed by atoms with E-state index >= 15 is 0 Å². The van der Waals surface area contributed by atoms with E-state index in [0.29, 0.717) is 10.7 Å². The van der Waals surface area contributed by atoms with Gasteiger partial charge in [-0.1, -0.05) is 24.1 Å². The minimum Gasteiger partial charge on any atom is -0.321 e. The molecule has 1 N–H and O–H groups in total. The lowest BCUT2D eigenvalue weighted by molar-refractivity contribution is -0.112. The predicted octanol–water partition coefficient (Wildman–Crippen LogP) is 4.37. The Kier molecular flexibility index (Phi) is 4.81. The summed E-state index contributed by atoms with van der Waals surface area (Å²) in [6.07, 6.45) is 5.00. The van der Waals surface area contributed by atoms with Crippen LogP contribution in [0, 0.1) is 18.3 Å². The maximum Gasteiger partial charge on any atom is 0.266 e. The molecule has 0 radical (unpaired) electrons. The monoisotopic (exact) mass is 288 g/mol. The van der Waals surface area contributed by atoms with Gasteiger partial charge in [0.2, 0.25) is 0 Å². The minimum atomic E-state index is -0.329. The number of amides is 1. The highest BCUT2D eigenvalue weighted by atomic mass is 35.5. The SMILES string of the molecule is Cc1ccc(NC(=O)C(C#N)=C2CCCCC2)cc1Cl. The van der Waals surface area contributed by atoms with Gasteiger partial charge in [0.05, 0.1) is 0 Å². The van der Waals surface area contributed by atoms with Crippen molar-refractivity contribution in [1.29, 1.82) is 5.26 Å². The average molecular weight is 289 g/mol.